The highest BCUT2D eigenvalue weighted by molar-refractivity contribution is 5.44. The van der Waals surface area contributed by atoms with Gasteiger partial charge in [0.1, 0.15) is 11.5 Å². The maximum atomic E-state index is 6.37. The number of hydrogen-bond donors (Lipinski definition) is 1. The number of ether oxygens (including phenoxy) is 2. The van der Waals surface area contributed by atoms with Gasteiger partial charge in [-0.1, -0.05) is 24.3 Å². The van der Waals surface area contributed by atoms with Gasteiger partial charge in [0.25, 0.3) is 0 Å². The molecule has 0 heterocycles. The van der Waals surface area contributed by atoms with Crippen molar-refractivity contribution >= 4 is 0 Å². The summed E-state index contributed by atoms with van der Waals surface area (Å²) in [5.74, 6) is 1.68. The van der Waals surface area contributed by atoms with Crippen LogP contribution >= 0.6 is 0 Å². The standard InChI is InChI=1S/C18H23NO2/c1-12(2)21-15-8-6-14(7-9-15)18(19)16-10-5-13(3)11-17(16)20-4/h5-12,18H,19H2,1-4H3. The summed E-state index contributed by atoms with van der Waals surface area (Å²) in [5, 5.41) is 0. The summed E-state index contributed by atoms with van der Waals surface area (Å²) in [4.78, 5) is 0. The van der Waals surface area contributed by atoms with Gasteiger partial charge in [0.15, 0.2) is 0 Å². The molecule has 0 fully saturated rings. The van der Waals surface area contributed by atoms with Crippen molar-refractivity contribution in [3.8, 4) is 11.5 Å². The Balaban J connectivity index is 2.25. The molecule has 0 saturated carbocycles. The summed E-state index contributed by atoms with van der Waals surface area (Å²) in [5.41, 5.74) is 9.55. The lowest BCUT2D eigenvalue weighted by molar-refractivity contribution is 0.242. The first-order valence-corrected chi connectivity index (χ1v) is 7.18. The van der Waals surface area contributed by atoms with Crippen LogP contribution in [0.1, 0.15) is 36.6 Å². The maximum absolute atomic E-state index is 6.37. The molecule has 112 valence electrons. The van der Waals surface area contributed by atoms with Gasteiger partial charge in [0, 0.05) is 5.56 Å². The summed E-state index contributed by atoms with van der Waals surface area (Å²) >= 11 is 0. The number of rotatable bonds is 5. The Hall–Kier alpha value is -2.00. The molecule has 0 aromatic heterocycles. The fourth-order valence-corrected chi connectivity index (χ4v) is 2.28. The zero-order chi connectivity index (χ0) is 15.4. The highest BCUT2D eigenvalue weighted by Crippen LogP contribution is 2.30. The normalized spacial score (nSPS) is 12.3. The van der Waals surface area contributed by atoms with Crippen LogP contribution in [0.25, 0.3) is 0 Å². The van der Waals surface area contributed by atoms with Crippen LogP contribution in [0.3, 0.4) is 0 Å². The third-order valence-electron chi connectivity index (χ3n) is 3.34. The molecule has 2 N–H and O–H groups in total. The summed E-state index contributed by atoms with van der Waals surface area (Å²) < 4.78 is 11.1. The van der Waals surface area contributed by atoms with E-state index in [4.69, 9.17) is 15.2 Å². The van der Waals surface area contributed by atoms with Gasteiger partial charge in [0.2, 0.25) is 0 Å². The molecule has 0 aliphatic heterocycles. The molecule has 2 aromatic rings. The number of methoxy groups -OCH3 is 1. The van der Waals surface area contributed by atoms with Crippen LogP contribution in [0.4, 0.5) is 0 Å². The predicted octanol–water partition coefficient (Wildman–Crippen LogP) is 3.84. The SMILES string of the molecule is COc1cc(C)ccc1C(N)c1ccc(OC(C)C)cc1. The number of aryl methyl sites for hydroxylation is 1. The number of benzene rings is 2. The zero-order valence-electron chi connectivity index (χ0n) is 13.1. The third-order valence-corrected chi connectivity index (χ3v) is 3.34. The van der Waals surface area contributed by atoms with E-state index in [1.165, 1.54) is 0 Å². The van der Waals surface area contributed by atoms with Gasteiger partial charge >= 0.3 is 0 Å². The van der Waals surface area contributed by atoms with Crippen molar-refractivity contribution < 1.29 is 9.47 Å². The van der Waals surface area contributed by atoms with Crippen molar-refractivity contribution in [3.63, 3.8) is 0 Å². The average Bonchev–Trinajstić information content (AvgIpc) is 2.46. The van der Waals surface area contributed by atoms with E-state index < -0.39 is 0 Å². The molecule has 1 atom stereocenters. The molecular weight excluding hydrogens is 262 g/mol. The molecule has 0 spiro atoms. The molecule has 21 heavy (non-hydrogen) atoms. The lowest BCUT2D eigenvalue weighted by atomic mass is 9.97. The first kappa shape index (κ1) is 15.4. The average molecular weight is 285 g/mol. The lowest BCUT2D eigenvalue weighted by Gasteiger charge is -2.17. The summed E-state index contributed by atoms with van der Waals surface area (Å²) in [6.07, 6.45) is 0.168. The number of nitrogens with two attached hydrogens (primary N) is 1. The van der Waals surface area contributed by atoms with Gasteiger partial charge in [-0.2, -0.15) is 0 Å². The molecule has 0 bridgehead atoms. The highest BCUT2D eigenvalue weighted by Gasteiger charge is 2.14. The Labute approximate surface area is 126 Å². The minimum Gasteiger partial charge on any atom is -0.496 e. The molecule has 2 aromatic carbocycles. The van der Waals surface area contributed by atoms with Crippen LogP contribution in [0.2, 0.25) is 0 Å². The van der Waals surface area contributed by atoms with Crippen molar-refractivity contribution in [2.45, 2.75) is 32.9 Å². The van der Waals surface area contributed by atoms with E-state index in [1.54, 1.807) is 7.11 Å². The summed E-state index contributed by atoms with van der Waals surface area (Å²) in [6.45, 7) is 6.06. The van der Waals surface area contributed by atoms with Crippen LogP contribution in [-0.2, 0) is 0 Å². The third kappa shape index (κ3) is 3.76. The van der Waals surface area contributed by atoms with E-state index in [0.717, 1.165) is 28.2 Å². The van der Waals surface area contributed by atoms with Crippen LogP contribution in [0, 0.1) is 6.92 Å². The first-order valence-electron chi connectivity index (χ1n) is 7.18. The first-order chi connectivity index (χ1) is 10.0. The van der Waals surface area contributed by atoms with Crippen LogP contribution in [0.5, 0.6) is 11.5 Å². The van der Waals surface area contributed by atoms with Crippen LogP contribution in [0.15, 0.2) is 42.5 Å². The van der Waals surface area contributed by atoms with Crippen molar-refractivity contribution in [1.29, 1.82) is 0 Å². The topological polar surface area (TPSA) is 44.5 Å². The Bertz CT molecular complexity index is 591. The van der Waals surface area contributed by atoms with Crippen LogP contribution < -0.4 is 15.2 Å². The quantitative estimate of drug-likeness (QED) is 0.907. The molecule has 0 amide bonds. The van der Waals surface area contributed by atoms with Gasteiger partial charge in [-0.3, -0.25) is 0 Å². The molecule has 1 unspecified atom stereocenters. The molecule has 3 heteroatoms. The second-order valence-corrected chi connectivity index (χ2v) is 5.46. The van der Waals surface area contributed by atoms with Crippen molar-refractivity contribution in [3.05, 3.63) is 59.2 Å². The molecule has 0 saturated heterocycles. The molecule has 2 rings (SSSR count). The van der Waals surface area contributed by atoms with Crippen molar-refractivity contribution in [2.75, 3.05) is 7.11 Å². The summed E-state index contributed by atoms with van der Waals surface area (Å²) in [7, 11) is 1.67. The van der Waals surface area contributed by atoms with E-state index in [1.807, 2.05) is 63.2 Å². The predicted molar refractivity (Wildman–Crippen MR) is 86.0 cm³/mol. The zero-order valence-corrected chi connectivity index (χ0v) is 13.1. The minimum atomic E-state index is -0.214. The van der Waals surface area contributed by atoms with Crippen molar-refractivity contribution in [1.82, 2.24) is 0 Å². The lowest BCUT2D eigenvalue weighted by Crippen LogP contribution is -2.13. The van der Waals surface area contributed by atoms with Crippen molar-refractivity contribution in [2.24, 2.45) is 5.73 Å². The van der Waals surface area contributed by atoms with Gasteiger partial charge in [-0.15, -0.1) is 0 Å². The Morgan fingerprint density at radius 1 is 1.00 bits per heavy atom. The van der Waals surface area contributed by atoms with E-state index in [2.05, 4.69) is 0 Å². The fourth-order valence-electron chi connectivity index (χ4n) is 2.28. The second kappa shape index (κ2) is 6.64. The van der Waals surface area contributed by atoms with Gasteiger partial charge in [0.05, 0.1) is 19.3 Å². The Kier molecular flexibility index (Phi) is 4.86. The maximum Gasteiger partial charge on any atom is 0.124 e. The Morgan fingerprint density at radius 2 is 1.67 bits per heavy atom. The van der Waals surface area contributed by atoms with E-state index in [0.29, 0.717) is 0 Å². The molecule has 0 aliphatic carbocycles. The van der Waals surface area contributed by atoms with Gasteiger partial charge in [-0.25, -0.2) is 0 Å². The second-order valence-electron chi connectivity index (χ2n) is 5.46. The monoisotopic (exact) mass is 285 g/mol. The van der Waals surface area contributed by atoms with E-state index in [9.17, 15) is 0 Å². The smallest absolute Gasteiger partial charge is 0.124 e. The fraction of sp³-hybridized carbons (Fsp3) is 0.333. The van der Waals surface area contributed by atoms with Gasteiger partial charge in [-0.05, 0) is 50.1 Å². The van der Waals surface area contributed by atoms with E-state index in [-0.39, 0.29) is 12.1 Å². The van der Waals surface area contributed by atoms with Gasteiger partial charge < -0.3 is 15.2 Å². The minimum absolute atomic E-state index is 0.168. The summed E-state index contributed by atoms with van der Waals surface area (Å²) in [6, 6.07) is 13.8. The molecular formula is C18H23NO2. The largest absolute Gasteiger partial charge is 0.496 e. The van der Waals surface area contributed by atoms with E-state index >= 15 is 0 Å². The highest BCUT2D eigenvalue weighted by atomic mass is 16.5. The molecule has 0 aliphatic rings. The number of hydrogen-bond acceptors (Lipinski definition) is 3. The molecule has 3 nitrogen and oxygen atoms in total. The molecule has 0 radical (unpaired) electrons. The Morgan fingerprint density at radius 3 is 2.24 bits per heavy atom. The van der Waals surface area contributed by atoms with Crippen LogP contribution in [-0.4, -0.2) is 13.2 Å².